The van der Waals surface area contributed by atoms with Crippen LogP contribution >= 0.6 is 0 Å². The van der Waals surface area contributed by atoms with E-state index in [2.05, 4.69) is 21.6 Å². The van der Waals surface area contributed by atoms with Crippen molar-refractivity contribution in [1.29, 1.82) is 0 Å². The van der Waals surface area contributed by atoms with Gasteiger partial charge in [-0.3, -0.25) is 9.59 Å². The number of fused-ring (bicyclic) bond motifs is 1. The quantitative estimate of drug-likeness (QED) is 0.324. The standard InChI is InChI=1S/C30H30N4O4/c1-21-19-28(34-15-17-37-18-16-34)33-27-12-9-23(20-26(21)27)32-30(36)14-13-29(35)31-22-7-10-25(11-8-22)38-24-5-3-2-4-6-24/h2-12,19-20H,13-18H2,1H3,(H,31,35)(H,32,36). The minimum absolute atomic E-state index is 0.0746. The van der Waals surface area contributed by atoms with E-state index in [9.17, 15) is 9.59 Å². The molecule has 194 valence electrons. The Hall–Kier alpha value is -4.43. The van der Waals surface area contributed by atoms with Gasteiger partial charge in [0, 0.05) is 42.7 Å². The second kappa shape index (κ2) is 11.7. The summed E-state index contributed by atoms with van der Waals surface area (Å²) < 4.78 is 11.2. The number of hydrogen-bond acceptors (Lipinski definition) is 6. The van der Waals surface area contributed by atoms with Crippen LogP contribution in [0.1, 0.15) is 18.4 Å². The summed E-state index contributed by atoms with van der Waals surface area (Å²) in [6, 6.07) is 24.4. The second-order valence-corrected chi connectivity index (χ2v) is 9.16. The van der Waals surface area contributed by atoms with E-state index in [-0.39, 0.29) is 24.7 Å². The Labute approximate surface area is 221 Å². The van der Waals surface area contributed by atoms with Crippen LogP contribution < -0.4 is 20.3 Å². The molecular formula is C30H30N4O4. The number of ether oxygens (including phenoxy) is 2. The van der Waals surface area contributed by atoms with E-state index >= 15 is 0 Å². The van der Waals surface area contributed by atoms with E-state index in [4.69, 9.17) is 14.5 Å². The largest absolute Gasteiger partial charge is 0.457 e. The van der Waals surface area contributed by atoms with Crippen molar-refractivity contribution in [1.82, 2.24) is 4.98 Å². The number of nitrogens with one attached hydrogen (secondary N) is 2. The zero-order valence-electron chi connectivity index (χ0n) is 21.3. The molecule has 1 aromatic heterocycles. The first-order chi connectivity index (χ1) is 18.5. The van der Waals surface area contributed by atoms with Gasteiger partial charge in [0.15, 0.2) is 0 Å². The van der Waals surface area contributed by atoms with Crippen molar-refractivity contribution < 1.29 is 19.1 Å². The van der Waals surface area contributed by atoms with Gasteiger partial charge in [0.05, 0.1) is 18.7 Å². The van der Waals surface area contributed by atoms with E-state index in [1.54, 1.807) is 24.3 Å². The average Bonchev–Trinajstić information content (AvgIpc) is 2.94. The number of morpholine rings is 1. The van der Waals surface area contributed by atoms with Crippen molar-refractivity contribution in [3.63, 3.8) is 0 Å². The van der Waals surface area contributed by atoms with Crippen molar-refractivity contribution in [2.24, 2.45) is 0 Å². The number of carbonyl (C=O) groups is 2. The molecule has 0 unspecified atom stereocenters. The molecule has 2 N–H and O–H groups in total. The zero-order chi connectivity index (χ0) is 26.3. The van der Waals surface area contributed by atoms with Crippen molar-refractivity contribution >= 4 is 39.9 Å². The predicted molar refractivity (Wildman–Crippen MR) is 149 cm³/mol. The molecule has 0 aliphatic carbocycles. The predicted octanol–water partition coefficient (Wildman–Crippen LogP) is 5.53. The van der Waals surface area contributed by atoms with Gasteiger partial charge < -0.3 is 25.0 Å². The number of nitrogens with zero attached hydrogens (tertiary/aromatic N) is 2. The van der Waals surface area contributed by atoms with Crippen LogP contribution in [-0.2, 0) is 14.3 Å². The molecule has 5 rings (SSSR count). The zero-order valence-corrected chi connectivity index (χ0v) is 21.3. The van der Waals surface area contributed by atoms with E-state index < -0.39 is 0 Å². The molecule has 2 amide bonds. The minimum Gasteiger partial charge on any atom is -0.457 e. The van der Waals surface area contributed by atoms with Crippen molar-refractivity contribution in [2.75, 3.05) is 41.8 Å². The number of aromatic nitrogens is 1. The van der Waals surface area contributed by atoms with Crippen LogP contribution in [0.15, 0.2) is 78.9 Å². The molecule has 0 atom stereocenters. The highest BCUT2D eigenvalue weighted by Crippen LogP contribution is 2.26. The van der Waals surface area contributed by atoms with E-state index in [0.29, 0.717) is 30.3 Å². The Kier molecular flexibility index (Phi) is 7.80. The van der Waals surface area contributed by atoms with Gasteiger partial charge in [-0.05, 0) is 73.2 Å². The molecule has 8 nitrogen and oxygen atoms in total. The molecule has 0 radical (unpaired) electrons. The summed E-state index contributed by atoms with van der Waals surface area (Å²) in [5.74, 6) is 1.91. The summed E-state index contributed by atoms with van der Waals surface area (Å²) in [5, 5.41) is 6.70. The third kappa shape index (κ3) is 6.46. The highest BCUT2D eigenvalue weighted by atomic mass is 16.5. The lowest BCUT2D eigenvalue weighted by Gasteiger charge is -2.28. The molecule has 4 aromatic rings. The normalized spacial score (nSPS) is 13.2. The van der Waals surface area contributed by atoms with E-state index in [0.717, 1.165) is 41.1 Å². The van der Waals surface area contributed by atoms with Gasteiger partial charge in [0.25, 0.3) is 0 Å². The Bertz CT molecular complexity index is 1420. The Morgan fingerprint density at radius 2 is 1.47 bits per heavy atom. The second-order valence-electron chi connectivity index (χ2n) is 9.16. The Morgan fingerprint density at radius 1 is 0.842 bits per heavy atom. The third-order valence-electron chi connectivity index (χ3n) is 6.32. The van der Waals surface area contributed by atoms with Gasteiger partial charge in [-0.1, -0.05) is 18.2 Å². The van der Waals surface area contributed by atoms with Crippen LogP contribution in [0.4, 0.5) is 17.2 Å². The lowest BCUT2D eigenvalue weighted by molar-refractivity contribution is -0.121. The van der Waals surface area contributed by atoms with Crippen molar-refractivity contribution in [3.8, 4) is 11.5 Å². The SMILES string of the molecule is Cc1cc(N2CCOCC2)nc2ccc(NC(=O)CCC(=O)Nc3ccc(Oc4ccccc4)cc3)cc12. The van der Waals surface area contributed by atoms with E-state index in [1.165, 1.54) is 0 Å². The van der Waals surface area contributed by atoms with Gasteiger partial charge in [-0.25, -0.2) is 4.98 Å². The Morgan fingerprint density at radius 3 is 2.18 bits per heavy atom. The van der Waals surface area contributed by atoms with Crippen LogP contribution in [0.3, 0.4) is 0 Å². The van der Waals surface area contributed by atoms with Crippen molar-refractivity contribution in [3.05, 3.63) is 84.4 Å². The fourth-order valence-corrected chi connectivity index (χ4v) is 4.31. The topological polar surface area (TPSA) is 92.8 Å². The number of pyridine rings is 1. The molecule has 1 fully saturated rings. The molecule has 2 heterocycles. The van der Waals surface area contributed by atoms with Crippen molar-refractivity contribution in [2.45, 2.75) is 19.8 Å². The van der Waals surface area contributed by atoms with E-state index in [1.807, 2.05) is 55.5 Å². The molecule has 8 heteroatoms. The number of rotatable bonds is 8. The number of para-hydroxylation sites is 1. The molecule has 0 saturated carbocycles. The highest BCUT2D eigenvalue weighted by Gasteiger charge is 2.15. The summed E-state index contributed by atoms with van der Waals surface area (Å²) in [6.45, 7) is 5.11. The number of anilines is 3. The summed E-state index contributed by atoms with van der Waals surface area (Å²) >= 11 is 0. The fourth-order valence-electron chi connectivity index (χ4n) is 4.31. The first-order valence-corrected chi connectivity index (χ1v) is 12.7. The molecule has 3 aromatic carbocycles. The third-order valence-corrected chi connectivity index (χ3v) is 6.32. The molecule has 0 spiro atoms. The molecule has 1 aliphatic heterocycles. The van der Waals surface area contributed by atoms with Gasteiger partial charge in [-0.15, -0.1) is 0 Å². The summed E-state index contributed by atoms with van der Waals surface area (Å²) in [6.07, 6.45) is 0.150. The minimum atomic E-state index is -0.230. The number of amides is 2. The number of aryl methyl sites for hydroxylation is 1. The first kappa shape index (κ1) is 25.2. The maximum Gasteiger partial charge on any atom is 0.224 e. The van der Waals surface area contributed by atoms with Gasteiger partial charge in [0.2, 0.25) is 11.8 Å². The number of hydrogen-bond donors (Lipinski definition) is 2. The maximum atomic E-state index is 12.5. The smallest absolute Gasteiger partial charge is 0.224 e. The summed E-state index contributed by atoms with van der Waals surface area (Å²) in [7, 11) is 0. The molecular weight excluding hydrogens is 480 g/mol. The van der Waals surface area contributed by atoms with Gasteiger partial charge >= 0.3 is 0 Å². The Balaban J connectivity index is 1.12. The summed E-state index contributed by atoms with van der Waals surface area (Å²) in [5.41, 5.74) is 3.29. The number of benzene rings is 3. The molecule has 38 heavy (non-hydrogen) atoms. The van der Waals surface area contributed by atoms with Crippen LogP contribution in [0.5, 0.6) is 11.5 Å². The lowest BCUT2D eigenvalue weighted by Crippen LogP contribution is -2.36. The van der Waals surface area contributed by atoms with Crippen LogP contribution in [0.25, 0.3) is 10.9 Å². The fraction of sp³-hybridized carbons (Fsp3) is 0.233. The molecule has 1 saturated heterocycles. The van der Waals surface area contributed by atoms with Gasteiger partial charge in [0.1, 0.15) is 17.3 Å². The maximum absolute atomic E-state index is 12.5. The van der Waals surface area contributed by atoms with Crippen LogP contribution in [-0.4, -0.2) is 43.1 Å². The highest BCUT2D eigenvalue weighted by molar-refractivity contribution is 5.98. The summed E-state index contributed by atoms with van der Waals surface area (Å²) in [4.78, 5) is 31.9. The van der Waals surface area contributed by atoms with Crippen LogP contribution in [0, 0.1) is 6.92 Å². The van der Waals surface area contributed by atoms with Crippen LogP contribution in [0.2, 0.25) is 0 Å². The lowest BCUT2D eigenvalue weighted by atomic mass is 10.1. The molecule has 1 aliphatic rings. The van der Waals surface area contributed by atoms with Gasteiger partial charge in [-0.2, -0.15) is 0 Å². The first-order valence-electron chi connectivity index (χ1n) is 12.7. The monoisotopic (exact) mass is 510 g/mol. The number of carbonyl (C=O) groups excluding carboxylic acids is 2. The molecule has 0 bridgehead atoms. The average molecular weight is 511 g/mol.